The molecule has 0 saturated carbocycles. The maximum atomic E-state index is 12.0. The van der Waals surface area contributed by atoms with Crippen molar-refractivity contribution in [3.63, 3.8) is 0 Å². The van der Waals surface area contributed by atoms with E-state index in [1.165, 1.54) is 5.56 Å². The zero-order valence-electron chi connectivity index (χ0n) is 13.6. The molecule has 1 aromatic carbocycles. The van der Waals surface area contributed by atoms with Crippen molar-refractivity contribution < 1.29 is 9.21 Å². The smallest absolute Gasteiger partial charge is 0.234 e. The minimum Gasteiger partial charge on any atom is -0.467 e. The Bertz CT molecular complexity index is 635. The van der Waals surface area contributed by atoms with Crippen molar-refractivity contribution in [3.8, 4) is 0 Å². The fourth-order valence-electron chi connectivity index (χ4n) is 2.81. The highest BCUT2D eigenvalue weighted by atomic mass is 35.5. The Morgan fingerprint density at radius 1 is 1.08 bits per heavy atom. The van der Waals surface area contributed by atoms with E-state index in [4.69, 9.17) is 16.0 Å². The summed E-state index contributed by atoms with van der Waals surface area (Å²) >= 11 is 5.92. The number of hydrogen-bond donors (Lipinski definition) is 1. The Morgan fingerprint density at radius 2 is 1.79 bits per heavy atom. The van der Waals surface area contributed by atoms with E-state index in [2.05, 4.69) is 27.2 Å². The maximum absolute atomic E-state index is 12.0. The van der Waals surface area contributed by atoms with Crippen molar-refractivity contribution in [1.29, 1.82) is 0 Å². The van der Waals surface area contributed by atoms with E-state index in [1.54, 1.807) is 6.26 Å². The molecule has 1 fully saturated rings. The van der Waals surface area contributed by atoms with E-state index in [9.17, 15) is 4.79 Å². The highest BCUT2D eigenvalue weighted by Crippen LogP contribution is 2.12. The Hall–Kier alpha value is -1.82. The first-order valence-corrected chi connectivity index (χ1v) is 8.55. The lowest BCUT2D eigenvalue weighted by molar-refractivity contribution is -0.122. The molecule has 0 spiro atoms. The molecular formula is C18H22ClN3O2. The predicted molar refractivity (Wildman–Crippen MR) is 93.7 cm³/mol. The molecule has 6 heteroatoms. The van der Waals surface area contributed by atoms with Crippen molar-refractivity contribution in [2.75, 3.05) is 32.7 Å². The number of rotatable bonds is 6. The monoisotopic (exact) mass is 347 g/mol. The summed E-state index contributed by atoms with van der Waals surface area (Å²) in [7, 11) is 0. The number of carbonyl (C=O) groups is 1. The molecule has 1 aromatic heterocycles. The minimum atomic E-state index is 0.0394. The molecule has 0 bridgehead atoms. The van der Waals surface area contributed by atoms with Crippen LogP contribution in [0.2, 0.25) is 5.02 Å². The third-order valence-electron chi connectivity index (χ3n) is 4.19. The van der Waals surface area contributed by atoms with Crippen molar-refractivity contribution >= 4 is 17.5 Å². The van der Waals surface area contributed by atoms with Crippen LogP contribution in [0, 0.1) is 0 Å². The van der Waals surface area contributed by atoms with Crippen molar-refractivity contribution in [2.45, 2.75) is 13.1 Å². The van der Waals surface area contributed by atoms with Crippen molar-refractivity contribution in [3.05, 3.63) is 59.0 Å². The SMILES string of the molecule is O=C(CN1CCN(Cc2ccc(Cl)cc2)CC1)NCc1ccco1. The first-order chi connectivity index (χ1) is 11.7. The number of piperazine rings is 1. The van der Waals surface area contributed by atoms with Crippen LogP contribution < -0.4 is 5.32 Å². The number of hydrogen-bond acceptors (Lipinski definition) is 4. The van der Waals surface area contributed by atoms with Crippen LogP contribution in [0.1, 0.15) is 11.3 Å². The van der Waals surface area contributed by atoms with Gasteiger partial charge in [0.05, 0.1) is 19.4 Å². The number of benzene rings is 1. The Balaban J connectivity index is 1.37. The molecule has 0 aliphatic carbocycles. The standard InChI is InChI=1S/C18H22ClN3O2/c19-16-5-3-15(4-6-16)13-21-7-9-22(10-8-21)14-18(23)20-12-17-2-1-11-24-17/h1-6,11H,7-10,12-14H2,(H,20,23). The molecule has 1 N–H and O–H groups in total. The van der Waals surface area contributed by atoms with Gasteiger partial charge in [-0.1, -0.05) is 23.7 Å². The molecule has 1 aliphatic heterocycles. The summed E-state index contributed by atoms with van der Waals surface area (Å²) in [5.74, 6) is 0.814. The van der Waals surface area contributed by atoms with Crippen LogP contribution in [0.15, 0.2) is 47.1 Å². The summed E-state index contributed by atoms with van der Waals surface area (Å²) in [5.41, 5.74) is 1.27. The largest absolute Gasteiger partial charge is 0.467 e. The van der Waals surface area contributed by atoms with Gasteiger partial charge in [0.15, 0.2) is 0 Å². The molecule has 128 valence electrons. The van der Waals surface area contributed by atoms with Crippen molar-refractivity contribution in [1.82, 2.24) is 15.1 Å². The maximum Gasteiger partial charge on any atom is 0.234 e. The zero-order chi connectivity index (χ0) is 16.8. The minimum absolute atomic E-state index is 0.0394. The fourth-order valence-corrected chi connectivity index (χ4v) is 2.94. The van der Waals surface area contributed by atoms with Crippen LogP contribution >= 0.6 is 11.6 Å². The molecule has 1 saturated heterocycles. The predicted octanol–water partition coefficient (Wildman–Crippen LogP) is 2.37. The summed E-state index contributed by atoms with van der Waals surface area (Å²) < 4.78 is 5.21. The molecule has 0 radical (unpaired) electrons. The number of carbonyl (C=O) groups excluding carboxylic acids is 1. The highest BCUT2D eigenvalue weighted by molar-refractivity contribution is 6.30. The Kier molecular flexibility index (Phi) is 5.91. The first kappa shape index (κ1) is 17.0. The molecule has 3 rings (SSSR count). The van der Waals surface area contributed by atoms with E-state index in [1.807, 2.05) is 24.3 Å². The van der Waals surface area contributed by atoms with Gasteiger partial charge >= 0.3 is 0 Å². The molecule has 1 aliphatic rings. The van der Waals surface area contributed by atoms with E-state index >= 15 is 0 Å². The highest BCUT2D eigenvalue weighted by Gasteiger charge is 2.19. The van der Waals surface area contributed by atoms with Gasteiger partial charge in [-0.05, 0) is 29.8 Å². The second-order valence-corrected chi connectivity index (χ2v) is 6.47. The van der Waals surface area contributed by atoms with E-state index in [0.717, 1.165) is 43.5 Å². The average Bonchev–Trinajstić information content (AvgIpc) is 3.10. The van der Waals surface area contributed by atoms with Crippen LogP contribution in [-0.2, 0) is 17.9 Å². The third-order valence-corrected chi connectivity index (χ3v) is 4.44. The summed E-state index contributed by atoms with van der Waals surface area (Å²) in [6.07, 6.45) is 1.61. The van der Waals surface area contributed by atoms with Gasteiger partial charge in [0, 0.05) is 37.7 Å². The quantitative estimate of drug-likeness (QED) is 0.871. The van der Waals surface area contributed by atoms with Crippen LogP contribution in [-0.4, -0.2) is 48.4 Å². The van der Waals surface area contributed by atoms with Gasteiger partial charge in [-0.25, -0.2) is 0 Å². The zero-order valence-corrected chi connectivity index (χ0v) is 14.3. The van der Waals surface area contributed by atoms with Gasteiger partial charge in [0.2, 0.25) is 5.91 Å². The number of nitrogens with zero attached hydrogens (tertiary/aromatic N) is 2. The molecular weight excluding hydrogens is 326 g/mol. The van der Waals surface area contributed by atoms with Crippen LogP contribution in [0.3, 0.4) is 0 Å². The van der Waals surface area contributed by atoms with Crippen LogP contribution in [0.5, 0.6) is 0 Å². The third kappa shape index (κ3) is 5.09. The second-order valence-electron chi connectivity index (χ2n) is 6.03. The summed E-state index contributed by atoms with van der Waals surface area (Å²) in [6.45, 7) is 5.55. The summed E-state index contributed by atoms with van der Waals surface area (Å²) in [4.78, 5) is 16.6. The Morgan fingerprint density at radius 3 is 2.46 bits per heavy atom. The first-order valence-electron chi connectivity index (χ1n) is 8.17. The number of halogens is 1. The van der Waals surface area contributed by atoms with E-state index in [0.29, 0.717) is 13.1 Å². The van der Waals surface area contributed by atoms with Gasteiger partial charge in [-0.15, -0.1) is 0 Å². The fraction of sp³-hybridized carbons (Fsp3) is 0.389. The molecule has 5 nitrogen and oxygen atoms in total. The molecule has 0 atom stereocenters. The van der Waals surface area contributed by atoms with E-state index < -0.39 is 0 Å². The molecule has 2 aromatic rings. The second kappa shape index (κ2) is 8.33. The molecule has 0 unspecified atom stereocenters. The van der Waals surface area contributed by atoms with Gasteiger partial charge in [0.1, 0.15) is 5.76 Å². The number of amides is 1. The molecule has 24 heavy (non-hydrogen) atoms. The topological polar surface area (TPSA) is 48.7 Å². The molecule has 2 heterocycles. The van der Waals surface area contributed by atoms with E-state index in [-0.39, 0.29) is 5.91 Å². The summed E-state index contributed by atoms with van der Waals surface area (Å²) in [6, 6.07) is 11.7. The number of nitrogens with one attached hydrogen (secondary N) is 1. The van der Waals surface area contributed by atoms with Crippen LogP contribution in [0.4, 0.5) is 0 Å². The summed E-state index contributed by atoms with van der Waals surface area (Å²) in [5, 5.41) is 3.66. The van der Waals surface area contributed by atoms with Gasteiger partial charge in [-0.2, -0.15) is 0 Å². The van der Waals surface area contributed by atoms with Gasteiger partial charge in [0.25, 0.3) is 0 Å². The lowest BCUT2D eigenvalue weighted by Crippen LogP contribution is -2.49. The van der Waals surface area contributed by atoms with Crippen molar-refractivity contribution in [2.24, 2.45) is 0 Å². The lowest BCUT2D eigenvalue weighted by Gasteiger charge is -2.34. The lowest BCUT2D eigenvalue weighted by atomic mass is 10.2. The van der Waals surface area contributed by atoms with Crippen LogP contribution in [0.25, 0.3) is 0 Å². The average molecular weight is 348 g/mol. The van der Waals surface area contributed by atoms with Gasteiger partial charge in [-0.3, -0.25) is 14.6 Å². The molecule has 1 amide bonds. The normalized spacial score (nSPS) is 16.2. The Labute approximate surface area is 147 Å². The number of furan rings is 1. The van der Waals surface area contributed by atoms with Gasteiger partial charge < -0.3 is 9.73 Å².